The molecule has 2 aromatic carbocycles. The predicted molar refractivity (Wildman–Crippen MR) is 122 cm³/mol. The molecular weight excluding hydrogens is 464 g/mol. The van der Waals surface area contributed by atoms with Gasteiger partial charge < -0.3 is 24.3 Å². The monoisotopic (exact) mass is 488 g/mol. The van der Waals surface area contributed by atoms with Crippen molar-refractivity contribution in [2.75, 3.05) is 34.5 Å². The number of hydrogen-bond acceptors (Lipinski definition) is 6. The summed E-state index contributed by atoms with van der Waals surface area (Å²) in [5.74, 6) is 1.89. The van der Waals surface area contributed by atoms with Crippen LogP contribution in [0.25, 0.3) is 6.08 Å². The number of amides is 1. The molecule has 0 heterocycles. The summed E-state index contributed by atoms with van der Waals surface area (Å²) < 4.78 is 22.1. The number of carbonyl (C=O) groups is 1. The van der Waals surface area contributed by atoms with Crippen LogP contribution >= 0.6 is 15.9 Å². The number of carbonyl (C=O) groups excluding carboxylic acids is 1. The number of benzene rings is 2. The molecule has 31 heavy (non-hydrogen) atoms. The van der Waals surface area contributed by atoms with Gasteiger partial charge in [0.1, 0.15) is 11.6 Å². The van der Waals surface area contributed by atoms with Gasteiger partial charge in [0, 0.05) is 6.54 Å². The van der Waals surface area contributed by atoms with Crippen molar-refractivity contribution in [2.24, 2.45) is 0 Å². The first-order valence-corrected chi connectivity index (χ1v) is 10.4. The smallest absolute Gasteiger partial charge is 0.261 e. The second kappa shape index (κ2) is 11.9. The summed E-state index contributed by atoms with van der Waals surface area (Å²) in [7, 11) is 4.68. The molecule has 2 rings (SSSR count). The van der Waals surface area contributed by atoms with Gasteiger partial charge >= 0.3 is 0 Å². The lowest BCUT2D eigenvalue weighted by Gasteiger charge is -2.12. The Labute approximate surface area is 190 Å². The highest BCUT2D eigenvalue weighted by Crippen LogP contribution is 2.37. The van der Waals surface area contributed by atoms with Crippen LogP contribution in [-0.4, -0.2) is 40.4 Å². The van der Waals surface area contributed by atoms with Gasteiger partial charge in [-0.05, 0) is 70.7 Å². The predicted octanol–water partition coefficient (Wildman–Crippen LogP) is 4.14. The highest BCUT2D eigenvalue weighted by Gasteiger charge is 2.13. The molecule has 8 heteroatoms. The number of nitrogens with zero attached hydrogens (tertiary/aromatic N) is 1. The van der Waals surface area contributed by atoms with E-state index < -0.39 is 5.91 Å². The van der Waals surface area contributed by atoms with E-state index in [1.807, 2.05) is 31.2 Å². The van der Waals surface area contributed by atoms with Gasteiger partial charge in [0.05, 0.1) is 32.4 Å². The number of ether oxygens (including phenoxy) is 4. The first-order chi connectivity index (χ1) is 15.0. The van der Waals surface area contributed by atoms with Crippen LogP contribution in [0.2, 0.25) is 0 Å². The van der Waals surface area contributed by atoms with E-state index in [0.29, 0.717) is 52.6 Å². The van der Waals surface area contributed by atoms with Crippen molar-refractivity contribution in [1.29, 1.82) is 5.26 Å². The molecule has 1 N–H and O–H groups in total. The van der Waals surface area contributed by atoms with E-state index in [1.165, 1.54) is 13.2 Å². The molecule has 0 spiro atoms. The fourth-order valence-corrected chi connectivity index (χ4v) is 3.45. The van der Waals surface area contributed by atoms with Crippen LogP contribution in [0.4, 0.5) is 0 Å². The Bertz CT molecular complexity index is 998. The van der Waals surface area contributed by atoms with Crippen LogP contribution in [0, 0.1) is 11.3 Å². The molecule has 0 aromatic heterocycles. The number of hydrogen-bond donors (Lipinski definition) is 1. The van der Waals surface area contributed by atoms with Crippen molar-refractivity contribution in [1.82, 2.24) is 5.32 Å². The van der Waals surface area contributed by atoms with Gasteiger partial charge in [-0.25, -0.2) is 0 Å². The summed E-state index contributed by atoms with van der Waals surface area (Å²) in [6.45, 7) is 2.72. The van der Waals surface area contributed by atoms with E-state index in [2.05, 4.69) is 21.2 Å². The first kappa shape index (κ1) is 24.1. The van der Waals surface area contributed by atoms with Crippen molar-refractivity contribution < 1.29 is 23.7 Å². The van der Waals surface area contributed by atoms with Crippen LogP contribution < -0.4 is 24.3 Å². The summed E-state index contributed by atoms with van der Waals surface area (Å²) >= 11 is 3.44. The van der Waals surface area contributed by atoms with E-state index in [9.17, 15) is 10.1 Å². The third kappa shape index (κ3) is 6.40. The Morgan fingerprint density at radius 1 is 1.10 bits per heavy atom. The lowest BCUT2D eigenvalue weighted by molar-refractivity contribution is -0.117. The minimum absolute atomic E-state index is 0.00887. The minimum Gasteiger partial charge on any atom is -0.493 e. The summed E-state index contributed by atoms with van der Waals surface area (Å²) in [6, 6.07) is 11.0. The molecule has 0 aliphatic heterocycles. The van der Waals surface area contributed by atoms with Crippen LogP contribution in [0.3, 0.4) is 0 Å². The maximum absolute atomic E-state index is 12.5. The summed E-state index contributed by atoms with van der Waals surface area (Å²) in [5.41, 5.74) is 1.60. The van der Waals surface area contributed by atoms with Crippen molar-refractivity contribution >= 4 is 27.9 Å². The molecule has 0 fully saturated rings. The molecule has 0 aliphatic rings. The van der Waals surface area contributed by atoms with Gasteiger partial charge in [-0.2, -0.15) is 5.26 Å². The van der Waals surface area contributed by atoms with Crippen LogP contribution in [0.1, 0.15) is 18.1 Å². The molecule has 2 aromatic rings. The maximum atomic E-state index is 12.5. The normalized spacial score (nSPS) is 10.8. The van der Waals surface area contributed by atoms with Crippen LogP contribution in [-0.2, 0) is 11.2 Å². The topological polar surface area (TPSA) is 89.8 Å². The molecule has 7 nitrogen and oxygen atoms in total. The Balaban J connectivity index is 2.09. The Morgan fingerprint density at radius 2 is 1.81 bits per heavy atom. The van der Waals surface area contributed by atoms with Crippen LogP contribution in [0.15, 0.2) is 40.4 Å². The van der Waals surface area contributed by atoms with E-state index >= 15 is 0 Å². The fourth-order valence-electron chi connectivity index (χ4n) is 2.87. The number of rotatable bonds is 10. The Kier molecular flexibility index (Phi) is 9.22. The van der Waals surface area contributed by atoms with Gasteiger partial charge in [-0.15, -0.1) is 0 Å². The average molecular weight is 489 g/mol. The van der Waals surface area contributed by atoms with Gasteiger partial charge in [-0.1, -0.05) is 6.07 Å². The molecule has 0 saturated heterocycles. The zero-order chi connectivity index (χ0) is 22.8. The van der Waals surface area contributed by atoms with Gasteiger partial charge in [0.25, 0.3) is 5.91 Å². The third-order valence-electron chi connectivity index (χ3n) is 4.36. The number of nitrogens with one attached hydrogen (secondary N) is 1. The van der Waals surface area contributed by atoms with E-state index in [0.717, 1.165) is 5.56 Å². The number of halogens is 1. The third-order valence-corrected chi connectivity index (χ3v) is 4.95. The second-order valence-electron chi connectivity index (χ2n) is 6.33. The number of nitriles is 1. The molecule has 0 saturated carbocycles. The SMILES string of the molecule is CCOc1c(Br)cc(/C=C(\C#N)C(=O)NCCc2ccc(OC)c(OC)c2)cc1OC. The number of methoxy groups -OCH3 is 3. The molecule has 0 aliphatic carbocycles. The molecule has 164 valence electrons. The zero-order valence-electron chi connectivity index (χ0n) is 18.0. The Morgan fingerprint density at radius 3 is 2.42 bits per heavy atom. The van der Waals surface area contributed by atoms with Gasteiger partial charge in [-0.3, -0.25) is 4.79 Å². The van der Waals surface area contributed by atoms with E-state index in [-0.39, 0.29) is 5.57 Å². The molecule has 1 amide bonds. The zero-order valence-corrected chi connectivity index (χ0v) is 19.5. The minimum atomic E-state index is -0.452. The van der Waals surface area contributed by atoms with Crippen molar-refractivity contribution in [2.45, 2.75) is 13.3 Å². The van der Waals surface area contributed by atoms with Crippen molar-refractivity contribution in [3.8, 4) is 29.1 Å². The largest absolute Gasteiger partial charge is 0.493 e. The summed E-state index contributed by atoms with van der Waals surface area (Å²) in [5, 5.41) is 12.2. The molecular formula is C23H25BrN2O5. The standard InChI is InChI=1S/C23H25BrN2O5/c1-5-31-22-18(24)11-16(13-21(22)30-4)10-17(14-25)23(27)26-9-8-15-6-7-19(28-2)20(12-15)29-3/h6-7,10-13H,5,8-9H2,1-4H3,(H,26,27)/b17-10+. The van der Waals surface area contributed by atoms with E-state index in [4.69, 9.17) is 18.9 Å². The second-order valence-corrected chi connectivity index (χ2v) is 7.19. The highest BCUT2D eigenvalue weighted by molar-refractivity contribution is 9.10. The molecule has 0 unspecified atom stereocenters. The molecule has 0 radical (unpaired) electrons. The lowest BCUT2D eigenvalue weighted by Crippen LogP contribution is -2.26. The maximum Gasteiger partial charge on any atom is 0.261 e. The van der Waals surface area contributed by atoms with Crippen molar-refractivity contribution in [3.63, 3.8) is 0 Å². The summed E-state index contributed by atoms with van der Waals surface area (Å²) in [6.07, 6.45) is 2.09. The molecule has 0 atom stereocenters. The van der Waals surface area contributed by atoms with Gasteiger partial charge in [0.15, 0.2) is 23.0 Å². The average Bonchev–Trinajstić information content (AvgIpc) is 2.78. The quantitative estimate of drug-likeness (QED) is 0.399. The fraction of sp³-hybridized carbons (Fsp3) is 0.304. The van der Waals surface area contributed by atoms with Gasteiger partial charge in [0.2, 0.25) is 0 Å². The molecule has 0 bridgehead atoms. The first-order valence-electron chi connectivity index (χ1n) is 9.58. The Hall–Kier alpha value is -3.18. The highest BCUT2D eigenvalue weighted by atomic mass is 79.9. The van der Waals surface area contributed by atoms with Crippen LogP contribution in [0.5, 0.6) is 23.0 Å². The summed E-state index contributed by atoms with van der Waals surface area (Å²) in [4.78, 5) is 12.5. The van der Waals surface area contributed by atoms with Crippen molar-refractivity contribution in [3.05, 3.63) is 51.5 Å². The van der Waals surface area contributed by atoms with E-state index in [1.54, 1.807) is 26.4 Å². The lowest BCUT2D eigenvalue weighted by atomic mass is 10.1.